The van der Waals surface area contributed by atoms with Gasteiger partial charge in [0.15, 0.2) is 0 Å². The van der Waals surface area contributed by atoms with Crippen molar-refractivity contribution >= 4 is 5.97 Å². The smallest absolute Gasteiger partial charge is 0.335 e. The van der Waals surface area contributed by atoms with Gasteiger partial charge in [0.25, 0.3) is 0 Å². The summed E-state index contributed by atoms with van der Waals surface area (Å²) in [5.74, 6) is -0.879. The highest BCUT2D eigenvalue weighted by atomic mass is 16.4. The fraction of sp³-hybridized carbons (Fsp3) is 0.667. The van der Waals surface area contributed by atoms with Crippen LogP contribution >= 0.6 is 0 Å². The Morgan fingerprint density at radius 2 is 1.17 bits per heavy atom. The lowest BCUT2D eigenvalue weighted by molar-refractivity contribution is 0.0697. The average molecular weight is 337 g/mol. The van der Waals surface area contributed by atoms with Gasteiger partial charge in [-0.2, -0.15) is 0 Å². The lowest BCUT2D eigenvalue weighted by atomic mass is 10.1. The molecule has 0 aliphatic carbocycles. The van der Waals surface area contributed by atoms with Crippen LogP contribution in [0.25, 0.3) is 0 Å². The largest absolute Gasteiger partial charge is 0.478 e. The first-order valence-electron chi connectivity index (χ1n) is 9.61. The van der Waals surface area contributed by atoms with Gasteiger partial charge in [-0.15, -0.1) is 0 Å². The van der Waals surface area contributed by atoms with Crippen LogP contribution in [0.1, 0.15) is 94.3 Å². The molecular formula is C21H36O3. The number of carboxylic acids is 1. The van der Waals surface area contributed by atoms with E-state index < -0.39 is 5.97 Å². The maximum Gasteiger partial charge on any atom is 0.335 e. The summed E-state index contributed by atoms with van der Waals surface area (Å²) in [6.07, 6.45) is 16.2. The Bertz CT molecular complexity index is 364. The normalized spacial score (nSPS) is 10.1. The Morgan fingerprint density at radius 3 is 1.50 bits per heavy atom. The maximum atomic E-state index is 10.2. The molecule has 0 atom stereocenters. The van der Waals surface area contributed by atoms with Crippen LogP contribution in [0.2, 0.25) is 0 Å². The lowest BCUT2D eigenvalue weighted by Crippen LogP contribution is -1.93. The summed E-state index contributed by atoms with van der Waals surface area (Å²) < 4.78 is 0. The highest BCUT2D eigenvalue weighted by Crippen LogP contribution is 2.11. The Balaban J connectivity index is 0.000000496. The van der Waals surface area contributed by atoms with Crippen LogP contribution in [0, 0.1) is 0 Å². The van der Waals surface area contributed by atoms with Crippen LogP contribution in [0.15, 0.2) is 30.3 Å². The standard InChI is InChI=1S/C14H30O.C7H6O2/c1-2-3-4-5-6-7-8-9-10-11-12-13-14-15;8-7(9)6-4-2-1-3-5-6/h15H,2-14H2,1H3;1-5H,(H,8,9). The highest BCUT2D eigenvalue weighted by Gasteiger charge is 1.96. The average Bonchev–Trinajstić information content (AvgIpc) is 2.61. The summed E-state index contributed by atoms with van der Waals surface area (Å²) in [6, 6.07) is 8.30. The van der Waals surface area contributed by atoms with E-state index in [1.54, 1.807) is 30.3 Å². The van der Waals surface area contributed by atoms with Gasteiger partial charge in [-0.1, -0.05) is 95.8 Å². The minimum absolute atomic E-state index is 0.331. The number of carbonyl (C=O) groups is 1. The minimum Gasteiger partial charge on any atom is -0.478 e. The molecule has 0 saturated carbocycles. The monoisotopic (exact) mass is 336 g/mol. The number of aliphatic hydroxyl groups is 1. The minimum atomic E-state index is -0.879. The molecule has 0 saturated heterocycles. The SMILES string of the molecule is CCCCCCCCCCCCCCO.O=C(O)c1ccccc1. The summed E-state index contributed by atoms with van der Waals surface area (Å²) >= 11 is 0. The molecule has 0 spiro atoms. The third kappa shape index (κ3) is 15.5. The van der Waals surface area contributed by atoms with Gasteiger partial charge >= 0.3 is 5.97 Å². The number of aromatic carboxylic acids is 1. The summed E-state index contributed by atoms with van der Waals surface area (Å²) in [5, 5.41) is 17.0. The van der Waals surface area contributed by atoms with Crippen molar-refractivity contribution in [2.75, 3.05) is 6.61 Å². The van der Waals surface area contributed by atoms with Crippen LogP contribution in [0.4, 0.5) is 0 Å². The van der Waals surface area contributed by atoms with Crippen molar-refractivity contribution in [2.45, 2.75) is 84.0 Å². The van der Waals surface area contributed by atoms with Gasteiger partial charge in [-0.25, -0.2) is 4.79 Å². The molecule has 0 unspecified atom stereocenters. The summed E-state index contributed by atoms with van der Waals surface area (Å²) in [5.41, 5.74) is 0.331. The van der Waals surface area contributed by atoms with Gasteiger partial charge in [0.2, 0.25) is 0 Å². The molecule has 3 nitrogen and oxygen atoms in total. The van der Waals surface area contributed by atoms with E-state index in [9.17, 15) is 4.79 Å². The fourth-order valence-electron chi connectivity index (χ4n) is 2.53. The number of benzene rings is 1. The van der Waals surface area contributed by atoms with E-state index in [4.69, 9.17) is 10.2 Å². The van der Waals surface area contributed by atoms with Gasteiger partial charge in [-0.05, 0) is 18.6 Å². The molecule has 138 valence electrons. The van der Waals surface area contributed by atoms with Crippen molar-refractivity contribution in [3.8, 4) is 0 Å². The predicted octanol–water partition coefficient (Wildman–Crippen LogP) is 6.06. The van der Waals surface area contributed by atoms with Gasteiger partial charge in [0.05, 0.1) is 5.56 Å². The predicted molar refractivity (Wildman–Crippen MR) is 102 cm³/mol. The second-order valence-corrected chi connectivity index (χ2v) is 6.28. The van der Waals surface area contributed by atoms with Crippen LogP contribution < -0.4 is 0 Å². The summed E-state index contributed by atoms with van der Waals surface area (Å²) in [6.45, 7) is 2.64. The number of rotatable bonds is 13. The molecule has 0 radical (unpaired) electrons. The molecule has 0 bridgehead atoms. The molecular weight excluding hydrogens is 300 g/mol. The number of hydrogen-bond donors (Lipinski definition) is 2. The second kappa shape index (κ2) is 18.0. The van der Waals surface area contributed by atoms with Crippen molar-refractivity contribution in [3.05, 3.63) is 35.9 Å². The van der Waals surface area contributed by atoms with Crippen molar-refractivity contribution in [2.24, 2.45) is 0 Å². The van der Waals surface area contributed by atoms with Crippen LogP contribution in [0.5, 0.6) is 0 Å². The van der Waals surface area contributed by atoms with Gasteiger partial charge in [-0.3, -0.25) is 0 Å². The molecule has 1 aromatic rings. The number of aliphatic hydroxyl groups excluding tert-OH is 1. The quantitative estimate of drug-likeness (QED) is 0.430. The topological polar surface area (TPSA) is 57.5 Å². The molecule has 0 heterocycles. The van der Waals surface area contributed by atoms with Crippen LogP contribution in [0.3, 0.4) is 0 Å². The zero-order valence-corrected chi connectivity index (χ0v) is 15.4. The first-order valence-corrected chi connectivity index (χ1v) is 9.61. The van der Waals surface area contributed by atoms with Gasteiger partial charge < -0.3 is 10.2 Å². The van der Waals surface area contributed by atoms with E-state index in [1.807, 2.05) is 0 Å². The van der Waals surface area contributed by atoms with Gasteiger partial charge in [0, 0.05) is 6.61 Å². The Morgan fingerprint density at radius 1 is 0.750 bits per heavy atom. The van der Waals surface area contributed by atoms with E-state index >= 15 is 0 Å². The van der Waals surface area contributed by atoms with E-state index in [-0.39, 0.29) is 0 Å². The molecule has 24 heavy (non-hydrogen) atoms. The van der Waals surface area contributed by atoms with E-state index in [1.165, 1.54) is 70.6 Å². The van der Waals surface area contributed by atoms with E-state index in [0.717, 1.165) is 6.42 Å². The molecule has 0 aromatic heterocycles. The van der Waals surface area contributed by atoms with E-state index in [0.29, 0.717) is 12.2 Å². The molecule has 3 heteroatoms. The zero-order chi connectivity index (χ0) is 17.9. The van der Waals surface area contributed by atoms with Crippen molar-refractivity contribution in [1.82, 2.24) is 0 Å². The third-order valence-corrected chi connectivity index (χ3v) is 4.03. The molecule has 0 fully saturated rings. The molecule has 2 N–H and O–H groups in total. The van der Waals surface area contributed by atoms with Gasteiger partial charge in [0.1, 0.15) is 0 Å². The Labute approximate surface area is 148 Å². The van der Waals surface area contributed by atoms with Crippen molar-refractivity contribution in [3.63, 3.8) is 0 Å². The molecule has 0 amide bonds. The number of hydrogen-bond acceptors (Lipinski definition) is 2. The molecule has 1 aromatic carbocycles. The Hall–Kier alpha value is -1.35. The molecule has 1 rings (SSSR count). The van der Waals surface area contributed by atoms with Crippen LogP contribution in [-0.4, -0.2) is 22.8 Å². The zero-order valence-electron chi connectivity index (χ0n) is 15.4. The number of unbranched alkanes of at least 4 members (excludes halogenated alkanes) is 11. The first kappa shape index (κ1) is 22.6. The number of carboxylic acid groups (broad SMARTS) is 1. The van der Waals surface area contributed by atoms with Crippen molar-refractivity contribution < 1.29 is 15.0 Å². The van der Waals surface area contributed by atoms with E-state index in [2.05, 4.69) is 6.92 Å². The summed E-state index contributed by atoms with van der Waals surface area (Å²) in [4.78, 5) is 10.2. The Kier molecular flexibility index (Phi) is 17.0. The maximum absolute atomic E-state index is 10.2. The first-order chi connectivity index (χ1) is 11.7. The summed E-state index contributed by atoms with van der Waals surface area (Å²) in [7, 11) is 0. The second-order valence-electron chi connectivity index (χ2n) is 6.28. The molecule has 0 aliphatic heterocycles. The van der Waals surface area contributed by atoms with Crippen LogP contribution in [-0.2, 0) is 0 Å². The fourth-order valence-corrected chi connectivity index (χ4v) is 2.53. The third-order valence-electron chi connectivity index (χ3n) is 4.03. The molecule has 0 aliphatic rings. The lowest BCUT2D eigenvalue weighted by Gasteiger charge is -2.01. The highest BCUT2D eigenvalue weighted by molar-refractivity contribution is 5.87. The van der Waals surface area contributed by atoms with Crippen molar-refractivity contribution in [1.29, 1.82) is 0 Å².